The summed E-state index contributed by atoms with van der Waals surface area (Å²) in [6.07, 6.45) is 1.38. The summed E-state index contributed by atoms with van der Waals surface area (Å²) >= 11 is 3.07. The molecule has 0 N–H and O–H groups in total. The number of ether oxygens (including phenoxy) is 1. The normalized spacial score (nSPS) is 19.5. The van der Waals surface area contributed by atoms with Gasteiger partial charge in [0, 0.05) is 16.4 Å². The number of rotatable bonds is 2. The highest BCUT2D eigenvalue weighted by molar-refractivity contribution is 9.10. The lowest BCUT2D eigenvalue weighted by Gasteiger charge is -2.00. The maximum Gasteiger partial charge on any atom is 0.123 e. The zero-order valence-corrected chi connectivity index (χ0v) is 6.55. The van der Waals surface area contributed by atoms with Crippen molar-refractivity contribution in [1.82, 2.24) is 4.98 Å². The molecule has 3 heteroatoms. The Morgan fingerprint density at radius 2 is 2.90 bits per heavy atom. The molecule has 1 rings (SSSR count). The molecule has 0 saturated carbocycles. The van der Waals surface area contributed by atoms with E-state index in [1.165, 1.54) is 18.3 Å². The fourth-order valence-corrected chi connectivity index (χ4v) is 0.851. The van der Waals surface area contributed by atoms with Gasteiger partial charge in [-0.1, -0.05) is 0 Å². The number of halogens is 1. The second-order valence-corrected chi connectivity index (χ2v) is 2.33. The topological polar surface area (TPSA) is 22.1 Å². The fourth-order valence-electron chi connectivity index (χ4n) is 0.507. The first-order chi connectivity index (χ1) is 6.72. The van der Waals surface area contributed by atoms with Gasteiger partial charge < -0.3 is 4.74 Å². The Kier molecular flexibility index (Phi) is 1.15. The molecule has 0 atom stereocenters. The van der Waals surface area contributed by atoms with Crippen molar-refractivity contribution in [1.29, 1.82) is 0 Å². The van der Waals surface area contributed by atoms with Gasteiger partial charge >= 0.3 is 0 Å². The van der Waals surface area contributed by atoms with Crippen LogP contribution in [0.2, 0.25) is 0 Å². The molecule has 2 nitrogen and oxygen atoms in total. The summed E-state index contributed by atoms with van der Waals surface area (Å²) in [5.41, 5.74) is 0. The minimum absolute atomic E-state index is 0.109. The molecule has 0 saturated heterocycles. The zero-order chi connectivity index (χ0) is 11.7. The Balaban J connectivity index is 2.87. The molecule has 0 fully saturated rings. The van der Waals surface area contributed by atoms with Gasteiger partial charge in [0.05, 0.1) is 9.30 Å². The van der Waals surface area contributed by atoms with Gasteiger partial charge in [0.25, 0.3) is 0 Å². The van der Waals surface area contributed by atoms with Crippen molar-refractivity contribution in [2.75, 3.05) is 6.56 Å². The molecule has 0 aliphatic carbocycles. The number of hydrogen-bond acceptors (Lipinski definition) is 2. The first-order valence-corrected chi connectivity index (χ1v) is 3.32. The predicted octanol–water partition coefficient (Wildman–Crippen LogP) is 2.24. The van der Waals surface area contributed by atoms with E-state index in [2.05, 4.69) is 20.9 Å². The first kappa shape index (κ1) is 3.22. The van der Waals surface area contributed by atoms with Crippen molar-refractivity contribution >= 4 is 15.9 Å². The smallest absolute Gasteiger partial charge is 0.123 e. The second-order valence-electron chi connectivity index (χ2n) is 1.52. The van der Waals surface area contributed by atoms with E-state index in [1.54, 1.807) is 0 Å². The number of aromatic nitrogens is 1. The minimum atomic E-state index is -2.83. The van der Waals surface area contributed by atoms with Crippen LogP contribution in [-0.2, 0) is 0 Å². The largest absolute Gasteiger partial charge is 0.494 e. The first-order valence-electron chi connectivity index (χ1n) is 5.03. The van der Waals surface area contributed by atoms with Crippen molar-refractivity contribution in [3.63, 3.8) is 0 Å². The average molecular weight is 207 g/mol. The summed E-state index contributed by atoms with van der Waals surface area (Å²) in [6.45, 7) is -5.55. The SMILES string of the molecule is [2H]C([2H])([2H])C([2H])([2H])Oc1ccnc(Br)c1. The summed E-state index contributed by atoms with van der Waals surface area (Å²) in [6, 6.07) is 2.78. The van der Waals surface area contributed by atoms with Gasteiger partial charge in [-0.15, -0.1) is 0 Å². The molecule has 1 aromatic rings. The summed E-state index contributed by atoms with van der Waals surface area (Å²) in [5.74, 6) is 0.109. The molecule has 0 aliphatic rings. The van der Waals surface area contributed by atoms with Crippen LogP contribution >= 0.6 is 15.9 Å². The van der Waals surface area contributed by atoms with E-state index in [-0.39, 0.29) is 5.75 Å². The second kappa shape index (κ2) is 3.56. The van der Waals surface area contributed by atoms with E-state index >= 15 is 0 Å². The maximum atomic E-state index is 7.23. The third kappa shape index (κ3) is 1.99. The van der Waals surface area contributed by atoms with Gasteiger partial charge in [-0.2, -0.15) is 0 Å². The van der Waals surface area contributed by atoms with Gasteiger partial charge in [-0.05, 0) is 28.8 Å². The van der Waals surface area contributed by atoms with E-state index in [1.807, 2.05) is 0 Å². The lowest BCUT2D eigenvalue weighted by molar-refractivity contribution is 0.339. The molecule has 0 aliphatic heterocycles. The van der Waals surface area contributed by atoms with Crippen LogP contribution in [0.25, 0.3) is 0 Å². The summed E-state index contributed by atoms with van der Waals surface area (Å²) in [5, 5.41) is 0. The average Bonchev–Trinajstić information content (AvgIpc) is 2.00. The number of pyridine rings is 1. The molecule has 0 unspecified atom stereocenters. The third-order valence-corrected chi connectivity index (χ3v) is 1.30. The van der Waals surface area contributed by atoms with E-state index < -0.39 is 13.4 Å². The van der Waals surface area contributed by atoms with E-state index in [4.69, 9.17) is 11.6 Å². The molecule has 54 valence electrons. The minimum Gasteiger partial charge on any atom is -0.494 e. The highest BCUT2D eigenvalue weighted by atomic mass is 79.9. The predicted molar refractivity (Wildman–Crippen MR) is 43.1 cm³/mol. The molecule has 0 radical (unpaired) electrons. The van der Waals surface area contributed by atoms with Crippen LogP contribution in [0.15, 0.2) is 22.9 Å². The van der Waals surface area contributed by atoms with Crippen molar-refractivity contribution in [2.45, 2.75) is 6.85 Å². The summed E-state index contributed by atoms with van der Waals surface area (Å²) in [4.78, 5) is 3.81. The monoisotopic (exact) mass is 206 g/mol. The summed E-state index contributed by atoms with van der Waals surface area (Å²) in [7, 11) is 0. The third-order valence-electron chi connectivity index (χ3n) is 0.867. The molecule has 1 aromatic heterocycles. The van der Waals surface area contributed by atoms with Gasteiger partial charge in [-0.3, -0.25) is 0 Å². The van der Waals surface area contributed by atoms with Crippen LogP contribution in [0, 0.1) is 0 Å². The molecule has 0 amide bonds. The number of hydrogen-bond donors (Lipinski definition) is 0. The van der Waals surface area contributed by atoms with Crippen LogP contribution in [0.5, 0.6) is 5.75 Å². The lowest BCUT2D eigenvalue weighted by atomic mass is 10.5. The van der Waals surface area contributed by atoms with Gasteiger partial charge in [0.1, 0.15) is 10.4 Å². The van der Waals surface area contributed by atoms with E-state index in [0.717, 1.165) is 0 Å². The van der Waals surface area contributed by atoms with Gasteiger partial charge in [0.15, 0.2) is 0 Å². The Hall–Kier alpha value is -0.570. The molecule has 10 heavy (non-hydrogen) atoms. The molecule has 0 aromatic carbocycles. The lowest BCUT2D eigenvalue weighted by Crippen LogP contribution is -1.90. The molecule has 1 heterocycles. The standard InChI is InChI=1S/C7H8BrNO/c1-2-10-6-3-4-9-7(8)5-6/h3-5H,2H2,1H3/i1D3,2D2. The quantitative estimate of drug-likeness (QED) is 0.694. The van der Waals surface area contributed by atoms with Crippen molar-refractivity contribution in [2.24, 2.45) is 0 Å². The Bertz CT molecular complexity index is 353. The molecule has 0 spiro atoms. The van der Waals surface area contributed by atoms with Crippen molar-refractivity contribution < 1.29 is 11.6 Å². The zero-order valence-electron chi connectivity index (χ0n) is 9.97. The van der Waals surface area contributed by atoms with E-state index in [0.29, 0.717) is 4.60 Å². The van der Waals surface area contributed by atoms with Crippen LogP contribution in [-0.4, -0.2) is 11.5 Å². The molecule has 0 bridgehead atoms. The van der Waals surface area contributed by atoms with Gasteiger partial charge in [0.2, 0.25) is 0 Å². The fraction of sp³-hybridized carbons (Fsp3) is 0.286. The van der Waals surface area contributed by atoms with Crippen LogP contribution < -0.4 is 4.74 Å². The highest BCUT2D eigenvalue weighted by Crippen LogP contribution is 2.14. The van der Waals surface area contributed by atoms with Crippen LogP contribution in [0.3, 0.4) is 0 Å². The Morgan fingerprint density at radius 1 is 2.00 bits per heavy atom. The maximum absolute atomic E-state index is 7.23. The Labute approximate surface area is 75.4 Å². The number of nitrogens with zero attached hydrogens (tertiary/aromatic N) is 1. The van der Waals surface area contributed by atoms with Crippen LogP contribution in [0.1, 0.15) is 13.7 Å². The molecular weight excluding hydrogens is 194 g/mol. The van der Waals surface area contributed by atoms with Crippen molar-refractivity contribution in [3.8, 4) is 5.75 Å². The van der Waals surface area contributed by atoms with E-state index in [9.17, 15) is 0 Å². The Morgan fingerprint density at radius 3 is 3.60 bits per heavy atom. The summed E-state index contributed by atoms with van der Waals surface area (Å²) < 4.78 is 40.5. The molecular formula is C7H8BrNO. The van der Waals surface area contributed by atoms with Crippen molar-refractivity contribution in [3.05, 3.63) is 22.9 Å². The highest BCUT2D eigenvalue weighted by Gasteiger charge is 1.91. The van der Waals surface area contributed by atoms with Gasteiger partial charge in [-0.25, -0.2) is 4.98 Å². The van der Waals surface area contributed by atoms with Crippen LogP contribution in [0.4, 0.5) is 0 Å².